The lowest BCUT2D eigenvalue weighted by Gasteiger charge is -2.25. The minimum atomic E-state index is -4.70. The highest BCUT2D eigenvalue weighted by molar-refractivity contribution is 6.31. The Balaban J connectivity index is 2.33. The molecule has 2 amide bonds. The molecule has 1 atom stereocenters. The van der Waals surface area contributed by atoms with Crippen molar-refractivity contribution in [3.63, 3.8) is 0 Å². The Kier molecular flexibility index (Phi) is 5.60. The maximum absolute atomic E-state index is 12.9. The van der Waals surface area contributed by atoms with Crippen molar-refractivity contribution in [1.29, 1.82) is 0 Å². The predicted octanol–water partition coefficient (Wildman–Crippen LogP) is 2.88. The van der Waals surface area contributed by atoms with Gasteiger partial charge in [0.15, 0.2) is 0 Å². The molecule has 0 bridgehead atoms. The number of methoxy groups -OCH3 is 1. The standard InChI is InChI=1S/C16H14ClF3N2O4/c1-7-13(15(25)26-2)9(6-12(23)21-7)14(24)22-8-3-4-11(17)10(5-8)16(18,19)20/h3-5,9H,6H2,1-2H3,(H,21,23)(H,22,24)/t9-/m1/s1. The fraction of sp³-hybridized carbons (Fsp3) is 0.312. The molecule has 0 saturated carbocycles. The van der Waals surface area contributed by atoms with Gasteiger partial charge in [-0.25, -0.2) is 4.79 Å². The number of anilines is 1. The van der Waals surface area contributed by atoms with Crippen LogP contribution >= 0.6 is 11.6 Å². The number of rotatable bonds is 3. The summed E-state index contributed by atoms with van der Waals surface area (Å²) in [4.78, 5) is 36.1. The zero-order valence-electron chi connectivity index (χ0n) is 13.7. The Labute approximate surface area is 151 Å². The van der Waals surface area contributed by atoms with Crippen LogP contribution in [0.25, 0.3) is 0 Å². The van der Waals surface area contributed by atoms with Gasteiger partial charge >= 0.3 is 12.1 Å². The Morgan fingerprint density at radius 3 is 2.58 bits per heavy atom. The molecule has 1 aliphatic heterocycles. The van der Waals surface area contributed by atoms with Gasteiger partial charge < -0.3 is 15.4 Å². The molecule has 1 aliphatic rings. The van der Waals surface area contributed by atoms with Crippen molar-refractivity contribution in [3.05, 3.63) is 40.1 Å². The molecule has 0 spiro atoms. The van der Waals surface area contributed by atoms with Crippen LogP contribution in [-0.2, 0) is 25.3 Å². The highest BCUT2D eigenvalue weighted by atomic mass is 35.5. The van der Waals surface area contributed by atoms with Crippen LogP contribution in [0.4, 0.5) is 18.9 Å². The smallest absolute Gasteiger partial charge is 0.417 e. The summed E-state index contributed by atoms with van der Waals surface area (Å²) in [5.74, 6) is -3.31. The van der Waals surface area contributed by atoms with Crippen LogP contribution in [0.1, 0.15) is 18.9 Å². The second kappa shape index (κ2) is 7.36. The molecule has 0 saturated heterocycles. The average Bonchev–Trinajstić information content (AvgIpc) is 2.54. The summed E-state index contributed by atoms with van der Waals surface area (Å²) in [6.45, 7) is 1.42. The molecule has 1 aromatic carbocycles. The Morgan fingerprint density at radius 2 is 2.00 bits per heavy atom. The van der Waals surface area contributed by atoms with Gasteiger partial charge in [-0.3, -0.25) is 9.59 Å². The van der Waals surface area contributed by atoms with Crippen LogP contribution < -0.4 is 10.6 Å². The van der Waals surface area contributed by atoms with Crippen molar-refractivity contribution in [2.45, 2.75) is 19.5 Å². The molecular weight excluding hydrogens is 377 g/mol. The van der Waals surface area contributed by atoms with Crippen molar-refractivity contribution in [2.75, 3.05) is 12.4 Å². The van der Waals surface area contributed by atoms with Gasteiger partial charge in [-0.05, 0) is 25.1 Å². The summed E-state index contributed by atoms with van der Waals surface area (Å²) in [6.07, 6.45) is -5.04. The molecule has 2 N–H and O–H groups in total. The largest absolute Gasteiger partial charge is 0.466 e. The summed E-state index contributed by atoms with van der Waals surface area (Å²) in [7, 11) is 1.11. The van der Waals surface area contributed by atoms with Gasteiger partial charge in [-0.1, -0.05) is 11.6 Å². The number of benzene rings is 1. The van der Waals surface area contributed by atoms with E-state index >= 15 is 0 Å². The normalized spacial score (nSPS) is 17.6. The number of ether oxygens (including phenoxy) is 1. The summed E-state index contributed by atoms with van der Waals surface area (Å²) in [5.41, 5.74) is -1.19. The lowest BCUT2D eigenvalue weighted by molar-refractivity contribution is -0.139. The van der Waals surface area contributed by atoms with Gasteiger partial charge in [0.05, 0.1) is 29.2 Å². The number of hydrogen-bond acceptors (Lipinski definition) is 4. The van der Waals surface area contributed by atoms with Gasteiger partial charge in [0, 0.05) is 17.8 Å². The molecule has 0 radical (unpaired) electrons. The Hall–Kier alpha value is -2.55. The van der Waals surface area contributed by atoms with Gasteiger partial charge in [0.1, 0.15) is 0 Å². The average molecular weight is 391 g/mol. The van der Waals surface area contributed by atoms with Crippen molar-refractivity contribution in [3.8, 4) is 0 Å². The van der Waals surface area contributed by atoms with Crippen LogP contribution in [0.3, 0.4) is 0 Å². The van der Waals surface area contributed by atoms with Crippen molar-refractivity contribution in [2.24, 2.45) is 5.92 Å². The molecular formula is C16H14ClF3N2O4. The zero-order valence-corrected chi connectivity index (χ0v) is 14.4. The molecule has 2 rings (SSSR count). The van der Waals surface area contributed by atoms with E-state index in [-0.39, 0.29) is 23.4 Å². The molecule has 0 aliphatic carbocycles. The van der Waals surface area contributed by atoms with Gasteiger partial charge in [0.2, 0.25) is 11.8 Å². The minimum Gasteiger partial charge on any atom is -0.466 e. The third-order valence-corrected chi connectivity index (χ3v) is 4.06. The van der Waals surface area contributed by atoms with Crippen molar-refractivity contribution in [1.82, 2.24) is 5.32 Å². The van der Waals surface area contributed by atoms with E-state index in [1.807, 2.05) is 0 Å². The lowest BCUT2D eigenvalue weighted by Crippen LogP contribution is -2.40. The highest BCUT2D eigenvalue weighted by Gasteiger charge is 2.37. The summed E-state index contributed by atoms with van der Waals surface area (Å²) in [5, 5.41) is 4.19. The number of halogens is 4. The maximum Gasteiger partial charge on any atom is 0.417 e. The summed E-state index contributed by atoms with van der Waals surface area (Å²) < 4.78 is 43.4. The topological polar surface area (TPSA) is 84.5 Å². The summed E-state index contributed by atoms with van der Waals surface area (Å²) in [6, 6.07) is 2.86. The van der Waals surface area contributed by atoms with E-state index in [0.29, 0.717) is 6.07 Å². The molecule has 6 nitrogen and oxygen atoms in total. The SMILES string of the molecule is COC(=O)C1=C(C)NC(=O)C[C@H]1C(=O)Nc1ccc(Cl)c(C(F)(F)F)c1. The van der Waals surface area contributed by atoms with Gasteiger partial charge in [0.25, 0.3) is 0 Å². The molecule has 26 heavy (non-hydrogen) atoms. The fourth-order valence-electron chi connectivity index (χ4n) is 2.56. The summed E-state index contributed by atoms with van der Waals surface area (Å²) >= 11 is 5.53. The molecule has 1 aromatic rings. The van der Waals surface area contributed by atoms with Crippen LogP contribution in [-0.4, -0.2) is 24.9 Å². The quantitative estimate of drug-likeness (QED) is 0.777. The molecule has 0 fully saturated rings. The number of carbonyl (C=O) groups is 3. The van der Waals surface area contributed by atoms with E-state index in [9.17, 15) is 27.6 Å². The number of amides is 2. The fourth-order valence-corrected chi connectivity index (χ4v) is 2.78. The number of esters is 1. The second-order valence-corrected chi connectivity index (χ2v) is 5.92. The first-order valence-electron chi connectivity index (χ1n) is 7.31. The third-order valence-electron chi connectivity index (χ3n) is 3.73. The monoisotopic (exact) mass is 390 g/mol. The highest BCUT2D eigenvalue weighted by Crippen LogP contribution is 2.36. The van der Waals surface area contributed by atoms with E-state index < -0.39 is 40.5 Å². The molecule has 140 valence electrons. The molecule has 0 aromatic heterocycles. The van der Waals surface area contributed by atoms with Crippen molar-refractivity contribution < 1.29 is 32.3 Å². The Morgan fingerprint density at radius 1 is 1.35 bits per heavy atom. The van der Waals surface area contributed by atoms with Gasteiger partial charge in [-0.15, -0.1) is 0 Å². The van der Waals surface area contributed by atoms with Gasteiger partial charge in [-0.2, -0.15) is 13.2 Å². The van der Waals surface area contributed by atoms with E-state index in [1.54, 1.807) is 0 Å². The molecule has 10 heteroatoms. The van der Waals surface area contributed by atoms with Crippen LogP contribution in [0.2, 0.25) is 5.02 Å². The predicted molar refractivity (Wildman–Crippen MR) is 86.0 cm³/mol. The first-order chi connectivity index (χ1) is 12.0. The first kappa shape index (κ1) is 19.8. The Bertz CT molecular complexity index is 805. The number of carbonyl (C=O) groups excluding carboxylic acids is 3. The lowest BCUT2D eigenvalue weighted by atomic mass is 9.89. The minimum absolute atomic E-state index is 0.0605. The molecule has 0 unspecified atom stereocenters. The number of allylic oxidation sites excluding steroid dienone is 1. The maximum atomic E-state index is 12.9. The van der Waals surface area contributed by atoms with Crippen LogP contribution in [0.15, 0.2) is 29.5 Å². The molecule has 1 heterocycles. The second-order valence-electron chi connectivity index (χ2n) is 5.52. The third kappa shape index (κ3) is 4.16. The number of nitrogens with one attached hydrogen (secondary N) is 2. The number of alkyl halides is 3. The van der Waals surface area contributed by atoms with E-state index in [1.165, 1.54) is 13.0 Å². The zero-order chi connectivity index (χ0) is 19.6. The van der Waals surface area contributed by atoms with E-state index in [0.717, 1.165) is 13.2 Å². The van der Waals surface area contributed by atoms with E-state index in [4.69, 9.17) is 11.6 Å². The number of hydrogen-bond donors (Lipinski definition) is 2. The van der Waals surface area contributed by atoms with E-state index in [2.05, 4.69) is 15.4 Å². The first-order valence-corrected chi connectivity index (χ1v) is 7.69. The van der Waals surface area contributed by atoms with Crippen molar-refractivity contribution >= 4 is 35.1 Å². The van der Waals surface area contributed by atoms with Crippen LogP contribution in [0.5, 0.6) is 0 Å². The van der Waals surface area contributed by atoms with Crippen LogP contribution in [0, 0.1) is 5.92 Å².